The molecule has 1 N–H and O–H groups in total. The first-order valence-corrected chi connectivity index (χ1v) is 10.1. The van der Waals surface area contributed by atoms with Gasteiger partial charge in [-0.15, -0.1) is 0 Å². The number of benzene rings is 3. The van der Waals surface area contributed by atoms with Crippen molar-refractivity contribution >= 4 is 17.5 Å². The van der Waals surface area contributed by atoms with E-state index in [1.807, 2.05) is 79.7 Å². The Morgan fingerprint density at radius 2 is 1.50 bits per heavy atom. The molecule has 0 saturated carbocycles. The Bertz CT molecular complexity index is 941. The van der Waals surface area contributed by atoms with E-state index in [1.54, 1.807) is 17.0 Å². The van der Waals surface area contributed by atoms with Crippen molar-refractivity contribution in [2.75, 3.05) is 18.1 Å². The fraction of sp³-hybridized carbons (Fsp3) is 0.200. The van der Waals surface area contributed by atoms with Gasteiger partial charge in [-0.25, -0.2) is 0 Å². The monoisotopic (exact) mass is 402 g/mol. The van der Waals surface area contributed by atoms with Gasteiger partial charge < -0.3 is 15.0 Å². The van der Waals surface area contributed by atoms with Crippen molar-refractivity contribution in [2.45, 2.75) is 19.9 Å². The van der Waals surface area contributed by atoms with Crippen LogP contribution in [0, 0.1) is 0 Å². The molecular weight excluding hydrogens is 376 g/mol. The van der Waals surface area contributed by atoms with Crippen LogP contribution in [0.4, 0.5) is 5.69 Å². The van der Waals surface area contributed by atoms with E-state index in [0.717, 1.165) is 17.0 Å². The number of carbonyl (C=O) groups excluding carboxylic acids is 2. The SMILES string of the molecule is CCN(C(=O)c1ccc(CNC(=O)CCOc2ccccc2)cc1)c1ccccc1. The lowest BCUT2D eigenvalue weighted by atomic mass is 10.1. The fourth-order valence-corrected chi connectivity index (χ4v) is 3.04. The molecule has 3 aromatic rings. The van der Waals surface area contributed by atoms with Crippen molar-refractivity contribution in [2.24, 2.45) is 0 Å². The number of para-hydroxylation sites is 2. The second-order valence-electron chi connectivity index (χ2n) is 6.77. The lowest BCUT2D eigenvalue weighted by Gasteiger charge is -2.21. The minimum Gasteiger partial charge on any atom is -0.493 e. The van der Waals surface area contributed by atoms with Crippen LogP contribution in [-0.2, 0) is 11.3 Å². The van der Waals surface area contributed by atoms with Gasteiger partial charge in [0.15, 0.2) is 0 Å². The lowest BCUT2D eigenvalue weighted by Crippen LogP contribution is -2.30. The first-order chi connectivity index (χ1) is 14.7. The van der Waals surface area contributed by atoms with E-state index < -0.39 is 0 Å². The Morgan fingerprint density at radius 1 is 0.867 bits per heavy atom. The van der Waals surface area contributed by atoms with Gasteiger partial charge >= 0.3 is 0 Å². The van der Waals surface area contributed by atoms with Crippen LogP contribution >= 0.6 is 0 Å². The molecule has 2 amide bonds. The van der Waals surface area contributed by atoms with Crippen LogP contribution in [0.1, 0.15) is 29.3 Å². The zero-order valence-corrected chi connectivity index (χ0v) is 17.1. The zero-order chi connectivity index (χ0) is 21.2. The molecule has 0 saturated heterocycles. The minimum absolute atomic E-state index is 0.0441. The molecule has 0 bridgehead atoms. The number of nitrogens with one attached hydrogen (secondary N) is 1. The number of hydrogen-bond acceptors (Lipinski definition) is 3. The Hall–Kier alpha value is -3.60. The molecule has 5 nitrogen and oxygen atoms in total. The lowest BCUT2D eigenvalue weighted by molar-refractivity contribution is -0.121. The third kappa shape index (κ3) is 5.95. The van der Waals surface area contributed by atoms with Gasteiger partial charge in [0.2, 0.25) is 5.91 Å². The highest BCUT2D eigenvalue weighted by Crippen LogP contribution is 2.17. The van der Waals surface area contributed by atoms with Crippen LogP contribution in [0.3, 0.4) is 0 Å². The second-order valence-corrected chi connectivity index (χ2v) is 6.77. The van der Waals surface area contributed by atoms with Crippen LogP contribution in [0.2, 0.25) is 0 Å². The van der Waals surface area contributed by atoms with E-state index in [4.69, 9.17) is 4.74 Å². The van der Waals surface area contributed by atoms with Crippen LogP contribution in [0.25, 0.3) is 0 Å². The molecule has 3 rings (SSSR count). The van der Waals surface area contributed by atoms with E-state index in [-0.39, 0.29) is 18.2 Å². The van der Waals surface area contributed by atoms with Crippen molar-refractivity contribution in [1.29, 1.82) is 0 Å². The summed E-state index contributed by atoms with van der Waals surface area (Å²) in [5.41, 5.74) is 2.43. The average Bonchev–Trinajstić information content (AvgIpc) is 2.80. The summed E-state index contributed by atoms with van der Waals surface area (Å²) < 4.78 is 5.54. The Labute approximate surface area is 177 Å². The number of amides is 2. The van der Waals surface area contributed by atoms with Crippen molar-refractivity contribution in [3.05, 3.63) is 96.1 Å². The number of anilines is 1. The Balaban J connectivity index is 1.48. The maximum atomic E-state index is 12.8. The van der Waals surface area contributed by atoms with Crippen molar-refractivity contribution in [3.8, 4) is 5.75 Å². The number of nitrogens with zero attached hydrogens (tertiary/aromatic N) is 1. The van der Waals surface area contributed by atoms with Crippen molar-refractivity contribution < 1.29 is 14.3 Å². The summed E-state index contributed by atoms with van der Waals surface area (Å²) in [4.78, 5) is 26.6. The fourth-order valence-electron chi connectivity index (χ4n) is 3.04. The second kappa shape index (κ2) is 10.8. The van der Waals surface area contributed by atoms with Crippen LogP contribution in [-0.4, -0.2) is 25.0 Å². The van der Waals surface area contributed by atoms with Gasteiger partial charge in [0, 0.05) is 24.3 Å². The van der Waals surface area contributed by atoms with Crippen molar-refractivity contribution in [1.82, 2.24) is 5.32 Å². The quantitative estimate of drug-likeness (QED) is 0.576. The average molecular weight is 402 g/mol. The molecule has 0 aliphatic rings. The van der Waals surface area contributed by atoms with Gasteiger partial charge in [-0.1, -0.05) is 48.5 Å². The van der Waals surface area contributed by atoms with Gasteiger partial charge in [0.05, 0.1) is 13.0 Å². The number of carbonyl (C=O) groups is 2. The molecule has 0 spiro atoms. The van der Waals surface area contributed by atoms with Gasteiger partial charge in [-0.3, -0.25) is 9.59 Å². The number of hydrogen-bond donors (Lipinski definition) is 1. The molecule has 0 radical (unpaired) electrons. The first kappa shape index (κ1) is 21.1. The van der Waals surface area contributed by atoms with E-state index in [2.05, 4.69) is 5.32 Å². The molecule has 30 heavy (non-hydrogen) atoms. The van der Waals surface area contributed by atoms with E-state index >= 15 is 0 Å². The predicted molar refractivity (Wildman–Crippen MR) is 119 cm³/mol. The van der Waals surface area contributed by atoms with Crippen LogP contribution in [0.5, 0.6) is 5.75 Å². The molecule has 0 fully saturated rings. The van der Waals surface area contributed by atoms with Crippen LogP contribution < -0.4 is 15.0 Å². The highest BCUT2D eigenvalue weighted by atomic mass is 16.5. The summed E-state index contributed by atoms with van der Waals surface area (Å²) in [6.45, 7) is 3.28. The molecule has 0 heterocycles. The number of ether oxygens (including phenoxy) is 1. The third-order valence-corrected chi connectivity index (χ3v) is 4.66. The molecule has 0 aliphatic heterocycles. The van der Waals surface area contributed by atoms with E-state index in [1.165, 1.54) is 0 Å². The summed E-state index contributed by atoms with van der Waals surface area (Å²) in [5, 5.41) is 2.88. The molecule has 0 atom stereocenters. The third-order valence-electron chi connectivity index (χ3n) is 4.66. The van der Waals surface area contributed by atoms with E-state index in [0.29, 0.717) is 25.3 Å². The summed E-state index contributed by atoms with van der Waals surface area (Å²) >= 11 is 0. The summed E-state index contributed by atoms with van der Waals surface area (Å²) in [7, 11) is 0. The summed E-state index contributed by atoms with van der Waals surface area (Å²) in [5.74, 6) is 0.631. The standard InChI is InChI=1S/C25H26N2O3/c1-2-27(22-9-5-3-6-10-22)25(29)21-15-13-20(14-16-21)19-26-24(28)17-18-30-23-11-7-4-8-12-23/h3-16H,2,17-19H2,1H3,(H,26,28). The summed E-state index contributed by atoms with van der Waals surface area (Å²) in [6, 6.07) is 26.4. The molecule has 154 valence electrons. The maximum Gasteiger partial charge on any atom is 0.258 e. The first-order valence-electron chi connectivity index (χ1n) is 10.1. The van der Waals surface area contributed by atoms with E-state index in [9.17, 15) is 9.59 Å². The molecule has 0 aromatic heterocycles. The van der Waals surface area contributed by atoms with Crippen LogP contribution in [0.15, 0.2) is 84.9 Å². The minimum atomic E-state index is -0.0766. The van der Waals surface area contributed by atoms with Crippen molar-refractivity contribution in [3.63, 3.8) is 0 Å². The largest absolute Gasteiger partial charge is 0.493 e. The molecule has 3 aromatic carbocycles. The molecular formula is C25H26N2O3. The highest BCUT2D eigenvalue weighted by molar-refractivity contribution is 6.06. The van der Waals surface area contributed by atoms with Gasteiger partial charge in [0.25, 0.3) is 5.91 Å². The molecule has 0 aliphatic carbocycles. The smallest absolute Gasteiger partial charge is 0.258 e. The summed E-state index contributed by atoms with van der Waals surface area (Å²) in [6.07, 6.45) is 0.286. The topological polar surface area (TPSA) is 58.6 Å². The van der Waals surface area contributed by atoms with Gasteiger partial charge in [-0.05, 0) is 48.9 Å². The van der Waals surface area contributed by atoms with Gasteiger partial charge in [-0.2, -0.15) is 0 Å². The normalized spacial score (nSPS) is 10.3. The zero-order valence-electron chi connectivity index (χ0n) is 17.1. The predicted octanol–water partition coefficient (Wildman–Crippen LogP) is 4.44. The Morgan fingerprint density at radius 3 is 2.13 bits per heavy atom. The van der Waals surface area contributed by atoms with Gasteiger partial charge in [0.1, 0.15) is 5.75 Å². The number of rotatable bonds is 9. The molecule has 5 heteroatoms. The maximum absolute atomic E-state index is 12.8. The molecule has 0 unspecified atom stereocenters. The Kier molecular flexibility index (Phi) is 7.61. The highest BCUT2D eigenvalue weighted by Gasteiger charge is 2.15.